The van der Waals surface area contributed by atoms with Crippen LogP contribution in [0.3, 0.4) is 0 Å². The lowest BCUT2D eigenvalue weighted by Crippen LogP contribution is -2.39. The minimum atomic E-state index is -0.468. The van der Waals surface area contributed by atoms with Gasteiger partial charge in [0.1, 0.15) is 11.4 Å². The minimum Gasteiger partial charge on any atom is -0.493 e. The second-order valence-electron chi connectivity index (χ2n) is 9.22. The highest BCUT2D eigenvalue weighted by Gasteiger charge is 2.39. The maximum absolute atomic E-state index is 13.3. The van der Waals surface area contributed by atoms with Crippen molar-refractivity contribution < 1.29 is 13.9 Å². The van der Waals surface area contributed by atoms with E-state index in [0.717, 1.165) is 5.69 Å². The summed E-state index contributed by atoms with van der Waals surface area (Å²) < 4.78 is 15.0. The van der Waals surface area contributed by atoms with E-state index in [4.69, 9.17) is 20.8 Å². The summed E-state index contributed by atoms with van der Waals surface area (Å²) in [6.07, 6.45) is 1.22. The minimum absolute atomic E-state index is 0.250. The number of likely N-dealkylation sites (tertiary alicyclic amines) is 1. The van der Waals surface area contributed by atoms with Gasteiger partial charge < -0.3 is 14.5 Å². The highest BCUT2D eigenvalue weighted by molar-refractivity contribution is 6.30. The molecule has 1 amide bonds. The van der Waals surface area contributed by atoms with E-state index in [1.54, 1.807) is 34.6 Å². The first-order valence-electron chi connectivity index (χ1n) is 12.4. The molecule has 38 heavy (non-hydrogen) atoms. The average molecular weight is 537 g/mol. The lowest BCUT2D eigenvalue weighted by molar-refractivity contribution is -0.120. The lowest BCUT2D eigenvalue weighted by Gasteiger charge is -2.22. The summed E-state index contributed by atoms with van der Waals surface area (Å²) in [4.78, 5) is 28.5. The number of nitrogens with zero attached hydrogens (tertiary/aromatic N) is 5. The molecule has 1 N–H and O–H groups in total. The molecule has 2 aromatic carbocycles. The zero-order valence-electron chi connectivity index (χ0n) is 21.6. The molecule has 4 aromatic rings. The highest BCUT2D eigenvalue weighted by atomic mass is 35.5. The van der Waals surface area contributed by atoms with Crippen molar-refractivity contribution in [2.24, 2.45) is 7.05 Å². The van der Waals surface area contributed by atoms with Crippen molar-refractivity contribution in [3.8, 4) is 22.9 Å². The molecule has 0 spiro atoms. The van der Waals surface area contributed by atoms with Crippen LogP contribution in [0.1, 0.15) is 37.4 Å². The second kappa shape index (κ2) is 10.5. The van der Waals surface area contributed by atoms with Crippen molar-refractivity contribution in [1.29, 1.82) is 0 Å². The molecule has 198 valence electrons. The molecular formula is C27H29ClN6O4. The first-order chi connectivity index (χ1) is 18.3. The number of aromatic nitrogens is 4. The van der Waals surface area contributed by atoms with Crippen LogP contribution in [-0.4, -0.2) is 50.1 Å². The van der Waals surface area contributed by atoms with E-state index in [1.165, 1.54) is 0 Å². The van der Waals surface area contributed by atoms with E-state index < -0.39 is 6.04 Å². The Kier molecular flexibility index (Phi) is 7.09. The molecule has 1 aliphatic heterocycles. The van der Waals surface area contributed by atoms with Gasteiger partial charge in [-0.25, -0.2) is 4.68 Å². The van der Waals surface area contributed by atoms with Gasteiger partial charge >= 0.3 is 0 Å². The monoisotopic (exact) mass is 536 g/mol. The van der Waals surface area contributed by atoms with E-state index in [-0.39, 0.29) is 23.2 Å². The number of carbonyl (C=O) groups excluding carboxylic acids is 1. The number of benzene rings is 2. The summed E-state index contributed by atoms with van der Waals surface area (Å²) >= 11 is 6.19. The van der Waals surface area contributed by atoms with Crippen LogP contribution >= 0.6 is 11.6 Å². The number of rotatable bonds is 7. The SMILES string of the molecule is CCOc1ccc(Cl)cc1-c1nnc([C@H]2CC[C@@H](C(=O)Nc3c(C)n(C)n(-c4ccccc4)c3=O)N2C)o1. The second-order valence-corrected chi connectivity index (χ2v) is 9.66. The third-order valence-electron chi connectivity index (χ3n) is 7.00. The number of hydrogen-bond acceptors (Lipinski definition) is 7. The molecule has 3 heterocycles. The molecule has 0 bridgehead atoms. The summed E-state index contributed by atoms with van der Waals surface area (Å²) in [5.41, 5.74) is 1.98. The molecule has 2 aromatic heterocycles. The molecular weight excluding hydrogens is 508 g/mol. The van der Waals surface area contributed by atoms with Crippen LogP contribution in [0.5, 0.6) is 5.75 Å². The Hall–Kier alpha value is -3.89. The van der Waals surface area contributed by atoms with Crippen LogP contribution in [0, 0.1) is 6.92 Å². The Labute approximate surface area is 224 Å². The fourth-order valence-corrected chi connectivity index (χ4v) is 5.07. The number of likely N-dealkylation sites (N-methyl/N-ethyl adjacent to an activating group) is 1. The Balaban J connectivity index is 1.35. The van der Waals surface area contributed by atoms with Gasteiger partial charge in [-0.2, -0.15) is 0 Å². The predicted molar refractivity (Wildman–Crippen MR) is 144 cm³/mol. The Morgan fingerprint density at radius 1 is 1.16 bits per heavy atom. The van der Waals surface area contributed by atoms with Crippen molar-refractivity contribution in [1.82, 2.24) is 24.5 Å². The number of nitrogens with one attached hydrogen (secondary N) is 1. The molecule has 0 radical (unpaired) electrons. The number of anilines is 1. The van der Waals surface area contributed by atoms with Gasteiger partial charge in [-0.05, 0) is 64.1 Å². The molecule has 2 atom stereocenters. The van der Waals surface area contributed by atoms with E-state index >= 15 is 0 Å². The molecule has 5 rings (SSSR count). The zero-order chi connectivity index (χ0) is 27.0. The zero-order valence-corrected chi connectivity index (χ0v) is 22.4. The molecule has 1 aliphatic rings. The molecule has 1 fully saturated rings. The van der Waals surface area contributed by atoms with Gasteiger partial charge in [-0.3, -0.25) is 19.2 Å². The van der Waals surface area contributed by atoms with Crippen LogP contribution < -0.4 is 15.6 Å². The first-order valence-corrected chi connectivity index (χ1v) is 12.8. The van der Waals surface area contributed by atoms with Crippen LogP contribution in [0.15, 0.2) is 57.7 Å². The average Bonchev–Trinajstić information content (AvgIpc) is 3.59. The van der Waals surface area contributed by atoms with Gasteiger partial charge in [0, 0.05) is 12.1 Å². The smallest absolute Gasteiger partial charge is 0.295 e. The van der Waals surface area contributed by atoms with Crippen LogP contribution in [-0.2, 0) is 11.8 Å². The summed E-state index contributed by atoms with van der Waals surface area (Å²) in [5.74, 6) is 1.05. The third kappa shape index (κ3) is 4.61. The summed E-state index contributed by atoms with van der Waals surface area (Å²) in [5, 5.41) is 11.9. The van der Waals surface area contributed by atoms with E-state index in [2.05, 4.69) is 15.5 Å². The van der Waals surface area contributed by atoms with E-state index in [0.29, 0.717) is 53.3 Å². The van der Waals surface area contributed by atoms with Gasteiger partial charge in [0.25, 0.3) is 11.4 Å². The lowest BCUT2D eigenvalue weighted by atomic mass is 10.2. The normalized spacial score (nSPS) is 17.6. The third-order valence-corrected chi connectivity index (χ3v) is 7.23. The number of halogens is 1. The number of hydrogen-bond donors (Lipinski definition) is 1. The number of ether oxygens (including phenoxy) is 1. The fraction of sp³-hybridized carbons (Fsp3) is 0.333. The molecule has 0 unspecified atom stereocenters. The molecule has 11 heteroatoms. The maximum Gasteiger partial charge on any atom is 0.295 e. The van der Waals surface area contributed by atoms with Crippen molar-refractivity contribution in [3.63, 3.8) is 0 Å². The number of para-hydroxylation sites is 1. The first kappa shape index (κ1) is 25.7. The van der Waals surface area contributed by atoms with Crippen LogP contribution in [0.2, 0.25) is 5.02 Å². The van der Waals surface area contributed by atoms with Crippen molar-refractivity contribution in [2.75, 3.05) is 19.0 Å². The van der Waals surface area contributed by atoms with Gasteiger partial charge in [0.15, 0.2) is 0 Å². The van der Waals surface area contributed by atoms with Gasteiger partial charge in [-0.15, -0.1) is 10.2 Å². The Morgan fingerprint density at radius 2 is 1.92 bits per heavy atom. The van der Waals surface area contributed by atoms with Crippen LogP contribution in [0.4, 0.5) is 5.69 Å². The number of amides is 1. The molecule has 0 aliphatic carbocycles. The standard InChI is InChI=1S/C27H29ClN6O4/c1-5-37-22-14-11-17(28)15-19(22)25-30-31-26(38-25)21-13-12-20(32(21)3)24(35)29-23-16(2)33(4)34(27(23)36)18-9-7-6-8-10-18/h6-11,14-15,20-21H,5,12-13H2,1-4H3,(H,29,35)/t20-,21+/m0/s1. The topological polar surface area (TPSA) is 107 Å². The van der Waals surface area contributed by atoms with Crippen molar-refractivity contribution in [3.05, 3.63) is 75.5 Å². The summed E-state index contributed by atoms with van der Waals surface area (Å²) in [7, 11) is 3.64. The van der Waals surface area contributed by atoms with Gasteiger partial charge in [-0.1, -0.05) is 29.8 Å². The van der Waals surface area contributed by atoms with Crippen molar-refractivity contribution >= 4 is 23.2 Å². The molecule has 0 saturated carbocycles. The molecule has 10 nitrogen and oxygen atoms in total. The van der Waals surface area contributed by atoms with Gasteiger partial charge in [0.05, 0.1) is 35.6 Å². The highest BCUT2D eigenvalue weighted by Crippen LogP contribution is 2.37. The quantitative estimate of drug-likeness (QED) is 0.374. The summed E-state index contributed by atoms with van der Waals surface area (Å²) in [6, 6.07) is 13.8. The summed E-state index contributed by atoms with van der Waals surface area (Å²) in [6.45, 7) is 4.18. The fourth-order valence-electron chi connectivity index (χ4n) is 4.90. The van der Waals surface area contributed by atoms with E-state index in [9.17, 15) is 9.59 Å². The molecule has 1 saturated heterocycles. The van der Waals surface area contributed by atoms with Crippen LogP contribution in [0.25, 0.3) is 17.1 Å². The van der Waals surface area contributed by atoms with Crippen molar-refractivity contribution in [2.45, 2.75) is 38.8 Å². The Morgan fingerprint density at radius 3 is 2.66 bits per heavy atom. The predicted octanol–water partition coefficient (Wildman–Crippen LogP) is 4.36. The number of carbonyl (C=O) groups is 1. The van der Waals surface area contributed by atoms with Gasteiger partial charge in [0.2, 0.25) is 11.8 Å². The largest absolute Gasteiger partial charge is 0.493 e. The maximum atomic E-state index is 13.3. The van der Waals surface area contributed by atoms with E-state index in [1.807, 2.05) is 56.1 Å². The Bertz CT molecular complexity index is 1530.